The molecule has 4 aromatic carbocycles. The van der Waals surface area contributed by atoms with Gasteiger partial charge >= 0.3 is 11.9 Å². The standard InChI is InChI=1S/C52H55N5O8/c1-32(2)63-47(58)29-40(34-13-7-5-8-14-34)51(61)56-25-11-17-43(56)49-53-31-42(55-49)37-21-24-45-38(27-37)28-46(65-45)36-19-22-39(23-20-36)54-50(60)44-18-12-26-57(44)52(62)41(30-48(59)64-33(3)4)35-15-9-6-10-16-35/h5-10,13-16,19-24,27-28,31-33,40-41,43-44H,11-12,17-18,25-26,29-30H2,1-4H3,(H,53,55)(H,54,60)/t40-,41-,43+,44+/m1/s1. The molecule has 4 heterocycles. The second kappa shape index (κ2) is 19.8. The molecule has 0 aliphatic carbocycles. The number of hydrogen-bond acceptors (Lipinski definition) is 9. The van der Waals surface area contributed by atoms with Crippen molar-refractivity contribution in [2.45, 2.75) is 102 Å². The summed E-state index contributed by atoms with van der Waals surface area (Å²) in [6, 6.07) is 32.9. The van der Waals surface area contributed by atoms with Gasteiger partial charge in [-0.2, -0.15) is 0 Å². The highest BCUT2D eigenvalue weighted by Gasteiger charge is 2.40. The predicted molar refractivity (Wildman–Crippen MR) is 246 cm³/mol. The highest BCUT2D eigenvalue weighted by atomic mass is 16.5. The molecule has 2 saturated heterocycles. The van der Waals surface area contributed by atoms with Crippen molar-refractivity contribution in [2.75, 3.05) is 18.4 Å². The number of amides is 3. The molecule has 8 rings (SSSR count). The molecule has 0 spiro atoms. The number of aromatic nitrogens is 2. The van der Waals surface area contributed by atoms with Crippen molar-refractivity contribution in [1.82, 2.24) is 19.8 Å². The highest BCUT2D eigenvalue weighted by Crippen LogP contribution is 2.37. The van der Waals surface area contributed by atoms with Gasteiger partial charge in [0.25, 0.3) is 0 Å². The summed E-state index contributed by atoms with van der Waals surface area (Å²) >= 11 is 0. The number of esters is 2. The normalized spacial score (nSPS) is 17.1. The van der Waals surface area contributed by atoms with Gasteiger partial charge in [-0.1, -0.05) is 60.7 Å². The van der Waals surface area contributed by atoms with Crippen LogP contribution in [0.5, 0.6) is 0 Å². The Labute approximate surface area is 378 Å². The van der Waals surface area contributed by atoms with Gasteiger partial charge in [0.1, 0.15) is 23.2 Å². The van der Waals surface area contributed by atoms with Crippen LogP contribution in [0.3, 0.4) is 0 Å². The SMILES string of the molecule is CC(C)OC(=O)C[C@@H](C(=O)N1CCC[C@H]1C(=O)Nc1ccc(-c2cc3cc(-c4cnc([C@@H]5CCCN5C(=O)[C@H](CC(=O)OC(C)C)c5ccccc5)[nH]4)ccc3o2)cc1)c1ccccc1. The quantitative estimate of drug-likeness (QED) is 0.0957. The van der Waals surface area contributed by atoms with E-state index in [-0.39, 0.29) is 48.8 Å². The Morgan fingerprint density at radius 2 is 1.28 bits per heavy atom. The first kappa shape index (κ1) is 44.6. The number of nitrogens with one attached hydrogen (secondary N) is 2. The second-order valence-corrected chi connectivity index (χ2v) is 17.4. The maximum Gasteiger partial charge on any atom is 0.307 e. The van der Waals surface area contributed by atoms with E-state index in [4.69, 9.17) is 18.9 Å². The Morgan fingerprint density at radius 1 is 0.708 bits per heavy atom. The number of likely N-dealkylation sites (tertiary alicyclic amines) is 2. The topological polar surface area (TPSA) is 164 Å². The summed E-state index contributed by atoms with van der Waals surface area (Å²) in [6.45, 7) is 8.12. The van der Waals surface area contributed by atoms with Crippen LogP contribution in [0.2, 0.25) is 0 Å². The number of aromatic amines is 1. The van der Waals surface area contributed by atoms with E-state index in [1.54, 1.807) is 38.8 Å². The summed E-state index contributed by atoms with van der Waals surface area (Å²) in [5.74, 6) is -1.63. The molecule has 2 N–H and O–H groups in total. The summed E-state index contributed by atoms with van der Waals surface area (Å²) in [6.07, 6.45) is 3.80. The van der Waals surface area contributed by atoms with Crippen molar-refractivity contribution in [3.63, 3.8) is 0 Å². The lowest BCUT2D eigenvalue weighted by Crippen LogP contribution is -2.45. The first-order valence-electron chi connectivity index (χ1n) is 22.5. The molecule has 2 aromatic heterocycles. The van der Waals surface area contributed by atoms with E-state index in [0.717, 1.165) is 40.6 Å². The summed E-state index contributed by atoms with van der Waals surface area (Å²) in [7, 11) is 0. The van der Waals surface area contributed by atoms with E-state index in [9.17, 15) is 24.0 Å². The maximum absolute atomic E-state index is 14.2. The molecular weight excluding hydrogens is 823 g/mol. The lowest BCUT2D eigenvalue weighted by atomic mass is 9.93. The van der Waals surface area contributed by atoms with Crippen molar-refractivity contribution in [3.05, 3.63) is 132 Å². The Bertz CT molecular complexity index is 2640. The molecule has 4 atom stereocenters. The number of imidazole rings is 1. The number of benzene rings is 4. The summed E-state index contributed by atoms with van der Waals surface area (Å²) in [5, 5.41) is 3.89. The minimum Gasteiger partial charge on any atom is -0.463 e. The molecule has 0 saturated carbocycles. The number of anilines is 1. The number of furan rings is 1. The minimum absolute atomic E-state index is 0.0404. The van der Waals surface area contributed by atoms with Crippen molar-refractivity contribution < 1.29 is 37.9 Å². The molecule has 2 aliphatic heterocycles. The molecule has 0 radical (unpaired) electrons. The number of H-pyrrole nitrogens is 1. The van der Waals surface area contributed by atoms with Crippen molar-refractivity contribution in [1.29, 1.82) is 0 Å². The minimum atomic E-state index is -0.763. The van der Waals surface area contributed by atoms with Crippen LogP contribution in [-0.4, -0.2) is 80.8 Å². The van der Waals surface area contributed by atoms with Crippen LogP contribution in [-0.2, 0) is 33.4 Å². The van der Waals surface area contributed by atoms with Crippen LogP contribution in [0.1, 0.15) is 101 Å². The summed E-state index contributed by atoms with van der Waals surface area (Å²) in [5.41, 5.74) is 5.29. The van der Waals surface area contributed by atoms with Gasteiger partial charge in [-0.15, -0.1) is 0 Å². The maximum atomic E-state index is 14.2. The van der Waals surface area contributed by atoms with Gasteiger partial charge in [-0.05, 0) is 113 Å². The van der Waals surface area contributed by atoms with E-state index in [2.05, 4.69) is 10.3 Å². The molecule has 2 fully saturated rings. The van der Waals surface area contributed by atoms with Crippen LogP contribution in [0.4, 0.5) is 5.69 Å². The first-order chi connectivity index (χ1) is 31.4. The van der Waals surface area contributed by atoms with E-state index < -0.39 is 29.8 Å². The molecule has 336 valence electrons. The summed E-state index contributed by atoms with van der Waals surface area (Å²) < 4.78 is 17.1. The molecule has 6 aromatic rings. The number of nitrogens with zero attached hydrogens (tertiary/aromatic N) is 3. The van der Waals surface area contributed by atoms with Crippen molar-refractivity contribution in [3.8, 4) is 22.6 Å². The second-order valence-electron chi connectivity index (χ2n) is 17.4. The molecule has 0 bridgehead atoms. The van der Waals surface area contributed by atoms with Crippen LogP contribution < -0.4 is 5.32 Å². The third-order valence-corrected chi connectivity index (χ3v) is 12.0. The Hall–Kier alpha value is -7.02. The van der Waals surface area contributed by atoms with Gasteiger partial charge < -0.3 is 34.0 Å². The third kappa shape index (κ3) is 10.4. The number of ether oxygens (including phenoxy) is 2. The van der Waals surface area contributed by atoms with Gasteiger partial charge in [0.15, 0.2) is 0 Å². The third-order valence-electron chi connectivity index (χ3n) is 12.0. The Morgan fingerprint density at radius 3 is 1.89 bits per heavy atom. The zero-order chi connectivity index (χ0) is 45.6. The number of fused-ring (bicyclic) bond motifs is 1. The number of carbonyl (C=O) groups excluding carboxylic acids is 5. The van der Waals surface area contributed by atoms with Crippen LogP contribution in [0.15, 0.2) is 120 Å². The monoisotopic (exact) mass is 877 g/mol. The smallest absolute Gasteiger partial charge is 0.307 e. The average Bonchev–Trinajstić information content (AvgIpc) is 4.14. The fourth-order valence-corrected chi connectivity index (χ4v) is 8.99. The van der Waals surface area contributed by atoms with Gasteiger partial charge in [-0.3, -0.25) is 24.0 Å². The molecule has 13 heteroatoms. The molecular formula is C52H55N5O8. The van der Waals surface area contributed by atoms with Crippen molar-refractivity contribution >= 4 is 46.3 Å². The zero-order valence-corrected chi connectivity index (χ0v) is 37.2. The van der Waals surface area contributed by atoms with Crippen LogP contribution in [0.25, 0.3) is 33.6 Å². The first-order valence-corrected chi connectivity index (χ1v) is 22.5. The highest BCUT2D eigenvalue weighted by molar-refractivity contribution is 5.99. The average molecular weight is 878 g/mol. The summed E-state index contributed by atoms with van der Waals surface area (Å²) in [4.78, 5) is 79.1. The largest absolute Gasteiger partial charge is 0.463 e. The van der Waals surface area contributed by atoms with Gasteiger partial charge in [0.2, 0.25) is 17.7 Å². The van der Waals surface area contributed by atoms with E-state index in [1.165, 1.54) is 0 Å². The van der Waals surface area contributed by atoms with Crippen LogP contribution in [0, 0.1) is 0 Å². The lowest BCUT2D eigenvalue weighted by molar-refractivity contribution is -0.151. The molecule has 13 nitrogen and oxygen atoms in total. The predicted octanol–water partition coefficient (Wildman–Crippen LogP) is 9.33. The fourth-order valence-electron chi connectivity index (χ4n) is 8.99. The van der Waals surface area contributed by atoms with Crippen LogP contribution >= 0.6 is 0 Å². The van der Waals surface area contributed by atoms with E-state index in [0.29, 0.717) is 54.3 Å². The number of carbonyl (C=O) groups is 5. The number of hydrogen-bond donors (Lipinski definition) is 2. The van der Waals surface area contributed by atoms with Crippen molar-refractivity contribution in [2.24, 2.45) is 0 Å². The Balaban J connectivity index is 0.927. The molecule has 3 amide bonds. The molecule has 65 heavy (non-hydrogen) atoms. The van der Waals surface area contributed by atoms with Gasteiger partial charge in [0.05, 0.1) is 54.8 Å². The fraction of sp³-hybridized carbons (Fsp3) is 0.346. The van der Waals surface area contributed by atoms with Gasteiger partial charge in [0, 0.05) is 35.3 Å². The van der Waals surface area contributed by atoms with E-state index in [1.807, 2.05) is 114 Å². The Kier molecular flexibility index (Phi) is 13.6. The van der Waals surface area contributed by atoms with Gasteiger partial charge in [-0.25, -0.2) is 4.98 Å². The number of rotatable bonds is 15. The molecule has 0 unspecified atom stereocenters. The zero-order valence-electron chi connectivity index (χ0n) is 37.2. The van der Waals surface area contributed by atoms with E-state index >= 15 is 0 Å². The lowest BCUT2D eigenvalue weighted by Gasteiger charge is -2.28. The molecule has 2 aliphatic rings.